The lowest BCUT2D eigenvalue weighted by molar-refractivity contribution is -0.130. The highest BCUT2D eigenvalue weighted by molar-refractivity contribution is 7.20. The maximum absolute atomic E-state index is 12.3. The molecule has 0 aromatic carbocycles. The molecule has 0 atom stereocenters. The number of ether oxygens (including phenoxy) is 1. The van der Waals surface area contributed by atoms with E-state index >= 15 is 0 Å². The van der Waals surface area contributed by atoms with E-state index < -0.39 is 5.97 Å². The van der Waals surface area contributed by atoms with E-state index in [-0.39, 0.29) is 17.9 Å². The van der Waals surface area contributed by atoms with Gasteiger partial charge in [0, 0.05) is 13.1 Å². The summed E-state index contributed by atoms with van der Waals surface area (Å²) in [7, 11) is 1.29. The van der Waals surface area contributed by atoms with Gasteiger partial charge in [-0.05, 0) is 26.3 Å². The van der Waals surface area contributed by atoms with Crippen molar-refractivity contribution in [2.75, 3.05) is 20.2 Å². The first-order valence-electron chi connectivity index (χ1n) is 7.31. The van der Waals surface area contributed by atoms with Crippen molar-refractivity contribution in [3.8, 4) is 0 Å². The molecule has 0 aliphatic carbocycles. The van der Waals surface area contributed by atoms with E-state index in [4.69, 9.17) is 4.74 Å². The zero-order chi connectivity index (χ0) is 17.1. The molecule has 0 bridgehead atoms. The topological polar surface area (TPSA) is 92.4 Å². The van der Waals surface area contributed by atoms with Crippen LogP contribution in [0.2, 0.25) is 0 Å². The molecule has 0 unspecified atom stereocenters. The average Bonchev–Trinajstić information content (AvgIpc) is 2.85. The number of carbonyl (C=O) groups excluding carboxylic acids is 2. The number of nitrogens with zero attached hydrogens (tertiary/aromatic N) is 2. The molecule has 0 saturated carbocycles. The molecular formula is C15H19N3O4S. The summed E-state index contributed by atoms with van der Waals surface area (Å²) in [6, 6.07) is 0. The zero-order valence-corrected chi connectivity index (χ0v) is 14.4. The van der Waals surface area contributed by atoms with Gasteiger partial charge in [0.1, 0.15) is 15.5 Å². The van der Waals surface area contributed by atoms with Crippen LogP contribution in [0.3, 0.4) is 0 Å². The number of fused-ring (bicyclic) bond motifs is 1. The molecule has 0 radical (unpaired) electrons. The summed E-state index contributed by atoms with van der Waals surface area (Å²) in [5.41, 5.74) is 0.202. The van der Waals surface area contributed by atoms with E-state index in [0.29, 0.717) is 39.6 Å². The van der Waals surface area contributed by atoms with E-state index in [2.05, 4.69) is 9.97 Å². The Kier molecular flexibility index (Phi) is 5.15. The highest BCUT2D eigenvalue weighted by atomic mass is 32.1. The van der Waals surface area contributed by atoms with Crippen molar-refractivity contribution >= 4 is 33.4 Å². The lowest BCUT2D eigenvalue weighted by Gasteiger charge is -2.17. The number of aromatic amines is 1. The lowest BCUT2D eigenvalue weighted by Crippen LogP contribution is -2.32. The van der Waals surface area contributed by atoms with Crippen LogP contribution in [-0.2, 0) is 16.0 Å². The Hall–Kier alpha value is -2.22. The van der Waals surface area contributed by atoms with E-state index in [1.54, 1.807) is 11.8 Å². The number of methoxy groups -OCH3 is 1. The molecule has 0 aliphatic rings. The minimum atomic E-state index is -0.495. The number of thiophene rings is 1. The second-order valence-electron chi connectivity index (χ2n) is 4.98. The fraction of sp³-hybridized carbons (Fsp3) is 0.467. The smallest absolute Gasteiger partial charge is 0.348 e. The van der Waals surface area contributed by atoms with Gasteiger partial charge in [0.2, 0.25) is 5.91 Å². The van der Waals surface area contributed by atoms with Crippen molar-refractivity contribution in [2.24, 2.45) is 0 Å². The zero-order valence-electron chi connectivity index (χ0n) is 13.6. The van der Waals surface area contributed by atoms with Gasteiger partial charge in [0.05, 0.1) is 18.9 Å². The van der Waals surface area contributed by atoms with Crippen LogP contribution >= 0.6 is 11.3 Å². The lowest BCUT2D eigenvalue weighted by atomic mass is 10.2. The average molecular weight is 337 g/mol. The number of likely N-dealkylation sites (N-methyl/N-ethyl adjacent to an activating group) is 1. The summed E-state index contributed by atoms with van der Waals surface area (Å²) in [6.07, 6.45) is 0.0252. The standard InChI is InChI=1S/C15H19N3O4S/c1-5-18(6-2)10(19)7-9-16-13(20)11-8(3)12(15(21)22-4)23-14(11)17-9/h5-7H2,1-4H3,(H,16,17,20). The molecule has 2 heterocycles. The molecule has 0 spiro atoms. The predicted molar refractivity (Wildman–Crippen MR) is 87.9 cm³/mol. The van der Waals surface area contributed by atoms with Gasteiger partial charge in [-0.2, -0.15) is 0 Å². The number of aromatic nitrogens is 2. The van der Waals surface area contributed by atoms with Gasteiger partial charge in [0.25, 0.3) is 5.56 Å². The number of aryl methyl sites for hydroxylation is 1. The van der Waals surface area contributed by atoms with E-state index in [0.717, 1.165) is 11.3 Å². The third-order valence-electron chi connectivity index (χ3n) is 3.66. The first kappa shape index (κ1) is 17.1. The number of amides is 1. The third-order valence-corrected chi connectivity index (χ3v) is 4.82. The number of rotatable bonds is 5. The fourth-order valence-electron chi connectivity index (χ4n) is 2.39. The van der Waals surface area contributed by atoms with Crippen LogP contribution in [0.5, 0.6) is 0 Å². The Morgan fingerprint density at radius 1 is 1.30 bits per heavy atom. The molecule has 8 heteroatoms. The largest absolute Gasteiger partial charge is 0.465 e. The van der Waals surface area contributed by atoms with Crippen LogP contribution in [0.1, 0.15) is 34.9 Å². The molecule has 2 rings (SSSR count). The molecule has 7 nitrogen and oxygen atoms in total. The van der Waals surface area contributed by atoms with E-state index in [1.807, 2.05) is 13.8 Å². The van der Waals surface area contributed by atoms with Crippen LogP contribution in [0.4, 0.5) is 0 Å². The van der Waals surface area contributed by atoms with Gasteiger partial charge in [-0.3, -0.25) is 9.59 Å². The van der Waals surface area contributed by atoms with E-state index in [1.165, 1.54) is 7.11 Å². The minimum Gasteiger partial charge on any atom is -0.465 e. The van der Waals surface area contributed by atoms with Gasteiger partial charge in [0.15, 0.2) is 0 Å². The summed E-state index contributed by atoms with van der Waals surface area (Å²) >= 11 is 1.10. The van der Waals surface area contributed by atoms with Gasteiger partial charge in [-0.25, -0.2) is 9.78 Å². The van der Waals surface area contributed by atoms with Gasteiger partial charge in [-0.1, -0.05) is 0 Å². The van der Waals surface area contributed by atoms with Gasteiger partial charge in [-0.15, -0.1) is 11.3 Å². The summed E-state index contributed by atoms with van der Waals surface area (Å²) in [5, 5.41) is 0.370. The predicted octanol–water partition coefficient (Wildman–Crippen LogP) is 1.49. The molecule has 2 aromatic heterocycles. The summed E-state index contributed by atoms with van der Waals surface area (Å²) < 4.78 is 4.71. The summed E-state index contributed by atoms with van der Waals surface area (Å²) in [5.74, 6) is -0.290. The van der Waals surface area contributed by atoms with Crippen molar-refractivity contribution in [2.45, 2.75) is 27.2 Å². The number of hydrogen-bond acceptors (Lipinski definition) is 6. The van der Waals surface area contributed by atoms with E-state index in [9.17, 15) is 14.4 Å². The van der Waals surface area contributed by atoms with Crippen molar-refractivity contribution in [1.82, 2.24) is 14.9 Å². The number of H-pyrrole nitrogens is 1. The second kappa shape index (κ2) is 6.91. The van der Waals surface area contributed by atoms with Crippen LogP contribution in [-0.4, -0.2) is 46.9 Å². The van der Waals surface area contributed by atoms with Crippen molar-refractivity contribution in [1.29, 1.82) is 0 Å². The van der Waals surface area contributed by atoms with Crippen LogP contribution in [0.25, 0.3) is 10.2 Å². The molecule has 1 amide bonds. The van der Waals surface area contributed by atoms with Crippen LogP contribution in [0, 0.1) is 6.92 Å². The van der Waals surface area contributed by atoms with Crippen molar-refractivity contribution in [3.63, 3.8) is 0 Å². The quantitative estimate of drug-likeness (QED) is 0.835. The van der Waals surface area contributed by atoms with Gasteiger partial charge < -0.3 is 14.6 Å². The molecule has 1 N–H and O–H groups in total. The maximum atomic E-state index is 12.3. The normalized spacial score (nSPS) is 10.8. The first-order valence-corrected chi connectivity index (χ1v) is 8.12. The number of nitrogens with one attached hydrogen (secondary N) is 1. The summed E-state index contributed by atoms with van der Waals surface area (Å²) in [4.78, 5) is 45.6. The summed E-state index contributed by atoms with van der Waals surface area (Å²) in [6.45, 7) is 6.68. The first-order chi connectivity index (χ1) is 10.9. The molecule has 124 valence electrons. The SMILES string of the molecule is CCN(CC)C(=O)Cc1nc2sc(C(=O)OC)c(C)c2c(=O)[nH]1. The Morgan fingerprint density at radius 3 is 2.52 bits per heavy atom. The monoisotopic (exact) mass is 337 g/mol. The van der Waals surface area contributed by atoms with Gasteiger partial charge >= 0.3 is 5.97 Å². The van der Waals surface area contributed by atoms with Crippen molar-refractivity contribution < 1.29 is 14.3 Å². The molecule has 0 saturated heterocycles. The van der Waals surface area contributed by atoms with Crippen molar-refractivity contribution in [3.05, 3.63) is 26.6 Å². The molecular weight excluding hydrogens is 318 g/mol. The Labute approximate surface area is 137 Å². The Morgan fingerprint density at radius 2 is 1.96 bits per heavy atom. The number of carbonyl (C=O) groups is 2. The molecule has 0 aliphatic heterocycles. The maximum Gasteiger partial charge on any atom is 0.348 e. The molecule has 23 heavy (non-hydrogen) atoms. The van der Waals surface area contributed by atoms with Crippen LogP contribution < -0.4 is 5.56 Å². The molecule has 0 fully saturated rings. The minimum absolute atomic E-state index is 0.0252. The highest BCUT2D eigenvalue weighted by Crippen LogP contribution is 2.27. The second-order valence-corrected chi connectivity index (χ2v) is 5.98. The molecule has 2 aromatic rings. The Bertz CT molecular complexity index is 805. The number of hydrogen-bond donors (Lipinski definition) is 1. The Balaban J connectivity index is 2.44. The third kappa shape index (κ3) is 3.26. The fourth-order valence-corrected chi connectivity index (χ4v) is 3.51. The highest BCUT2D eigenvalue weighted by Gasteiger charge is 2.20. The van der Waals surface area contributed by atoms with Crippen LogP contribution in [0.15, 0.2) is 4.79 Å². The number of esters is 1.